The number of hydrogen-bond acceptors (Lipinski definition) is 1. The fraction of sp³-hybridized carbons (Fsp3) is 1.00. The normalized spacial score (nSPS) is 16.5. The van der Waals surface area contributed by atoms with Crippen molar-refractivity contribution in [3.8, 4) is 0 Å². The SMILES string of the molecule is CCC(C(C)(F)F)(C(C)(F)F)C(F)(F)OC(F)(F)C(F)(C(C)(F)F)C(C)(F)F. The summed E-state index contributed by atoms with van der Waals surface area (Å²) in [5.41, 5.74) is -11.6. The fourth-order valence-corrected chi connectivity index (χ4v) is 2.94. The zero-order chi connectivity index (χ0) is 23.4. The summed E-state index contributed by atoms with van der Waals surface area (Å²) >= 11 is 0. The van der Waals surface area contributed by atoms with E-state index in [1.165, 1.54) is 0 Å². The third kappa shape index (κ3) is 3.76. The third-order valence-corrected chi connectivity index (χ3v) is 4.39. The highest BCUT2D eigenvalue weighted by atomic mass is 19.3. The summed E-state index contributed by atoms with van der Waals surface area (Å²) in [7, 11) is 0. The van der Waals surface area contributed by atoms with Gasteiger partial charge in [-0.3, -0.25) is 4.74 Å². The molecule has 28 heavy (non-hydrogen) atoms. The second-order valence-corrected chi connectivity index (χ2v) is 6.61. The van der Waals surface area contributed by atoms with Crippen LogP contribution in [0.3, 0.4) is 0 Å². The van der Waals surface area contributed by atoms with Crippen LogP contribution in [-0.4, -0.2) is 41.6 Å². The second kappa shape index (κ2) is 6.79. The Labute approximate surface area is 151 Å². The number of ether oxygens (including phenoxy) is 1. The highest BCUT2D eigenvalue weighted by molar-refractivity contribution is 5.09. The van der Waals surface area contributed by atoms with E-state index in [9.17, 15) is 57.1 Å². The molecule has 0 aromatic carbocycles. The van der Waals surface area contributed by atoms with Crippen LogP contribution in [0.25, 0.3) is 0 Å². The Balaban J connectivity index is 6.77. The van der Waals surface area contributed by atoms with Gasteiger partial charge in [-0.1, -0.05) is 6.92 Å². The zero-order valence-electron chi connectivity index (χ0n) is 15.0. The van der Waals surface area contributed by atoms with Crippen molar-refractivity contribution in [3.05, 3.63) is 0 Å². The quantitative estimate of drug-likeness (QED) is 0.348. The smallest absolute Gasteiger partial charge is 0.251 e. The van der Waals surface area contributed by atoms with Crippen molar-refractivity contribution >= 4 is 0 Å². The summed E-state index contributed by atoms with van der Waals surface area (Å²) in [5.74, 6) is -22.0. The first-order valence-corrected chi connectivity index (χ1v) is 7.43. The molecule has 0 heterocycles. The van der Waals surface area contributed by atoms with Gasteiger partial charge in [0, 0.05) is 27.7 Å². The van der Waals surface area contributed by atoms with Gasteiger partial charge in [0.25, 0.3) is 23.7 Å². The monoisotopic (exact) mass is 448 g/mol. The molecule has 0 atom stereocenters. The predicted molar refractivity (Wildman–Crippen MR) is 70.0 cm³/mol. The molecule has 0 saturated heterocycles. The highest BCUT2D eigenvalue weighted by Crippen LogP contribution is 2.63. The Morgan fingerprint density at radius 1 is 0.500 bits per heavy atom. The van der Waals surface area contributed by atoms with Gasteiger partial charge in [-0.05, 0) is 6.42 Å². The zero-order valence-corrected chi connectivity index (χ0v) is 15.0. The predicted octanol–water partition coefficient (Wildman–Crippen LogP) is 6.91. The Morgan fingerprint density at radius 3 is 0.964 bits per heavy atom. The van der Waals surface area contributed by atoms with Crippen LogP contribution in [0.1, 0.15) is 41.0 Å². The lowest BCUT2D eigenvalue weighted by atomic mass is 9.72. The molecule has 0 rings (SSSR count). The van der Waals surface area contributed by atoms with Crippen molar-refractivity contribution in [1.29, 1.82) is 0 Å². The minimum Gasteiger partial charge on any atom is -0.251 e. The van der Waals surface area contributed by atoms with Crippen molar-refractivity contribution in [2.45, 2.75) is 82.6 Å². The summed E-state index contributed by atoms with van der Waals surface area (Å²) in [4.78, 5) is 0. The molecular formula is C14H17F13O. The molecule has 0 N–H and O–H groups in total. The standard InChI is InChI=1S/C14H17F13O/c1-6-11(7(2,15)16,8(3,17)18)13(24,25)28-14(26,27)12(23,9(4,19)20)10(5,21)22/h6H2,1-5H3. The molecule has 0 unspecified atom stereocenters. The number of halogens is 13. The minimum atomic E-state index is -6.88. The second-order valence-electron chi connectivity index (χ2n) is 6.61. The van der Waals surface area contributed by atoms with E-state index in [-0.39, 0.29) is 6.92 Å². The molecule has 1 nitrogen and oxygen atoms in total. The first-order valence-electron chi connectivity index (χ1n) is 7.43. The molecule has 0 aromatic rings. The first-order chi connectivity index (χ1) is 11.8. The van der Waals surface area contributed by atoms with Crippen molar-refractivity contribution in [2.75, 3.05) is 0 Å². The largest absolute Gasteiger partial charge is 0.406 e. The van der Waals surface area contributed by atoms with Gasteiger partial charge in [-0.2, -0.15) is 17.6 Å². The van der Waals surface area contributed by atoms with Gasteiger partial charge >= 0.3 is 17.9 Å². The molecule has 0 spiro atoms. The van der Waals surface area contributed by atoms with E-state index in [0.717, 1.165) is 0 Å². The van der Waals surface area contributed by atoms with E-state index < -0.39 is 81.1 Å². The van der Waals surface area contributed by atoms with Gasteiger partial charge in [-0.25, -0.2) is 39.5 Å². The van der Waals surface area contributed by atoms with E-state index in [4.69, 9.17) is 0 Å². The van der Waals surface area contributed by atoms with Crippen LogP contribution in [0, 0.1) is 5.41 Å². The molecule has 0 aromatic heterocycles. The minimum absolute atomic E-state index is 0.274. The molecule has 0 aliphatic rings. The van der Waals surface area contributed by atoms with E-state index in [1.807, 2.05) is 0 Å². The Bertz CT molecular complexity index is 520. The Hall–Kier alpha value is -0.950. The molecule has 0 bridgehead atoms. The maximum absolute atomic E-state index is 14.2. The third-order valence-electron chi connectivity index (χ3n) is 4.39. The molecule has 0 fully saturated rings. The topological polar surface area (TPSA) is 9.23 Å². The lowest BCUT2D eigenvalue weighted by Gasteiger charge is -2.48. The summed E-state index contributed by atoms with van der Waals surface area (Å²) in [6, 6.07) is 0. The number of hydrogen-bond donors (Lipinski definition) is 0. The average Bonchev–Trinajstić information content (AvgIpc) is 2.30. The summed E-state index contributed by atoms with van der Waals surface area (Å²) < 4.78 is 180. The lowest BCUT2D eigenvalue weighted by molar-refractivity contribution is -0.498. The Morgan fingerprint density at radius 2 is 0.786 bits per heavy atom. The molecule has 0 amide bonds. The van der Waals surface area contributed by atoms with Crippen LogP contribution in [0.2, 0.25) is 0 Å². The number of alkyl halides is 13. The van der Waals surface area contributed by atoms with Crippen LogP contribution in [0.4, 0.5) is 57.1 Å². The molecule has 0 aliphatic heterocycles. The average molecular weight is 448 g/mol. The fourth-order valence-electron chi connectivity index (χ4n) is 2.94. The summed E-state index contributed by atoms with van der Waals surface area (Å²) in [6.45, 7) is -2.47. The Kier molecular flexibility index (Phi) is 6.56. The molecular weight excluding hydrogens is 431 g/mol. The molecule has 0 radical (unpaired) electrons. The highest BCUT2D eigenvalue weighted by Gasteiger charge is 2.84. The van der Waals surface area contributed by atoms with Crippen LogP contribution in [-0.2, 0) is 4.74 Å². The maximum atomic E-state index is 14.2. The van der Waals surface area contributed by atoms with E-state index >= 15 is 0 Å². The van der Waals surface area contributed by atoms with E-state index in [1.54, 1.807) is 0 Å². The summed E-state index contributed by atoms with van der Waals surface area (Å²) in [6.07, 6.45) is -15.3. The molecule has 0 saturated carbocycles. The van der Waals surface area contributed by atoms with Crippen molar-refractivity contribution in [3.63, 3.8) is 0 Å². The van der Waals surface area contributed by atoms with Crippen molar-refractivity contribution in [1.82, 2.24) is 0 Å². The molecule has 170 valence electrons. The van der Waals surface area contributed by atoms with Crippen molar-refractivity contribution in [2.24, 2.45) is 5.41 Å². The molecule has 0 aliphatic carbocycles. The maximum Gasteiger partial charge on any atom is 0.406 e. The number of rotatable bonds is 9. The van der Waals surface area contributed by atoms with Crippen LogP contribution < -0.4 is 0 Å². The van der Waals surface area contributed by atoms with E-state index in [0.29, 0.717) is 0 Å². The summed E-state index contributed by atoms with van der Waals surface area (Å²) in [5, 5.41) is 0. The van der Waals surface area contributed by atoms with Gasteiger partial charge in [0.1, 0.15) is 0 Å². The van der Waals surface area contributed by atoms with Gasteiger partial charge in [-0.15, -0.1) is 0 Å². The lowest BCUT2D eigenvalue weighted by Crippen LogP contribution is -2.70. The van der Waals surface area contributed by atoms with Gasteiger partial charge < -0.3 is 0 Å². The van der Waals surface area contributed by atoms with Crippen LogP contribution >= 0.6 is 0 Å². The van der Waals surface area contributed by atoms with E-state index in [2.05, 4.69) is 4.74 Å². The van der Waals surface area contributed by atoms with Crippen LogP contribution in [0.15, 0.2) is 0 Å². The molecule has 14 heteroatoms. The van der Waals surface area contributed by atoms with Gasteiger partial charge in [0.15, 0.2) is 5.41 Å². The van der Waals surface area contributed by atoms with Gasteiger partial charge in [0.05, 0.1) is 0 Å². The van der Waals surface area contributed by atoms with Crippen molar-refractivity contribution < 1.29 is 61.8 Å². The van der Waals surface area contributed by atoms with Crippen LogP contribution in [0.5, 0.6) is 0 Å². The van der Waals surface area contributed by atoms with Gasteiger partial charge in [0.2, 0.25) is 0 Å². The first kappa shape index (κ1) is 27.0.